The number of hydrogen-bond acceptors (Lipinski definition) is 6. The summed E-state index contributed by atoms with van der Waals surface area (Å²) < 4.78 is 7.03. The van der Waals surface area contributed by atoms with Crippen LogP contribution in [0, 0.1) is 11.8 Å². The molecule has 3 N–H and O–H groups in total. The number of allylic oxidation sites excluding steroid dienone is 1. The zero-order valence-electron chi connectivity index (χ0n) is 21.6. The van der Waals surface area contributed by atoms with Crippen LogP contribution in [0.5, 0.6) is 5.75 Å². The van der Waals surface area contributed by atoms with E-state index in [4.69, 9.17) is 4.74 Å². The number of methoxy groups -OCH3 is 1. The molecule has 8 heteroatoms. The van der Waals surface area contributed by atoms with Gasteiger partial charge < -0.3 is 25.6 Å². The molecule has 0 unspecified atom stereocenters. The van der Waals surface area contributed by atoms with Crippen LogP contribution in [0.1, 0.15) is 33.7 Å². The first kappa shape index (κ1) is 25.9. The molecule has 1 aliphatic heterocycles. The van der Waals surface area contributed by atoms with Crippen molar-refractivity contribution in [2.24, 2.45) is 0 Å². The highest BCUT2D eigenvalue weighted by Crippen LogP contribution is 2.29. The second kappa shape index (κ2) is 11.7. The van der Waals surface area contributed by atoms with Crippen molar-refractivity contribution < 1.29 is 14.3 Å². The molecule has 4 rings (SSSR count). The molecule has 0 atom stereocenters. The molecule has 1 aliphatic rings. The third kappa shape index (κ3) is 5.79. The zero-order chi connectivity index (χ0) is 26.4. The van der Waals surface area contributed by atoms with Crippen molar-refractivity contribution in [2.45, 2.75) is 18.9 Å². The predicted molar refractivity (Wildman–Crippen MR) is 149 cm³/mol. The highest BCUT2D eigenvalue weighted by atomic mass is 16.5. The fourth-order valence-corrected chi connectivity index (χ4v) is 4.55. The van der Waals surface area contributed by atoms with Crippen LogP contribution in [0.2, 0.25) is 0 Å². The Kier molecular flexibility index (Phi) is 8.16. The van der Waals surface area contributed by atoms with Gasteiger partial charge in [-0.25, -0.2) is 0 Å². The second-order valence-corrected chi connectivity index (χ2v) is 9.02. The Balaban J connectivity index is 1.57. The number of benzene rings is 2. The minimum Gasteiger partial charge on any atom is -0.495 e. The Morgan fingerprint density at radius 1 is 1.16 bits per heavy atom. The Morgan fingerprint density at radius 2 is 1.95 bits per heavy atom. The summed E-state index contributed by atoms with van der Waals surface area (Å²) in [5, 5.41) is 10.5. The Morgan fingerprint density at radius 3 is 2.65 bits per heavy atom. The molecule has 0 radical (unpaired) electrons. The van der Waals surface area contributed by atoms with E-state index < -0.39 is 0 Å². The van der Waals surface area contributed by atoms with Crippen molar-refractivity contribution in [2.75, 3.05) is 51.5 Å². The van der Waals surface area contributed by atoms with Crippen LogP contribution < -0.4 is 20.7 Å². The van der Waals surface area contributed by atoms with Crippen LogP contribution in [0.15, 0.2) is 55.1 Å². The minimum atomic E-state index is -0.227. The summed E-state index contributed by atoms with van der Waals surface area (Å²) in [6.07, 6.45) is 3.45. The third-order valence-electron chi connectivity index (χ3n) is 6.59. The number of aromatic nitrogens is 1. The zero-order valence-corrected chi connectivity index (χ0v) is 21.6. The van der Waals surface area contributed by atoms with Gasteiger partial charge in [-0.3, -0.25) is 14.2 Å². The molecule has 37 heavy (non-hydrogen) atoms. The third-order valence-corrected chi connectivity index (χ3v) is 6.59. The fourth-order valence-electron chi connectivity index (χ4n) is 4.55. The molecule has 1 fully saturated rings. The van der Waals surface area contributed by atoms with E-state index in [1.165, 1.54) is 6.08 Å². The number of nitrogens with one attached hydrogen (secondary N) is 3. The summed E-state index contributed by atoms with van der Waals surface area (Å²) in [4.78, 5) is 27.0. The van der Waals surface area contributed by atoms with Crippen LogP contribution >= 0.6 is 0 Å². The van der Waals surface area contributed by atoms with Gasteiger partial charge >= 0.3 is 0 Å². The van der Waals surface area contributed by atoms with E-state index in [0.29, 0.717) is 29.6 Å². The molecule has 8 nitrogen and oxygen atoms in total. The molecule has 192 valence electrons. The van der Waals surface area contributed by atoms with Crippen LogP contribution in [-0.4, -0.2) is 68.2 Å². The number of carbonyl (C=O) groups excluding carboxylic acids is 2. The number of carbonyl (C=O) groups is 2. The lowest BCUT2D eigenvalue weighted by Crippen LogP contribution is -2.36. The maximum atomic E-state index is 12.8. The van der Waals surface area contributed by atoms with E-state index in [0.717, 1.165) is 48.2 Å². The van der Waals surface area contributed by atoms with Crippen LogP contribution in [0.3, 0.4) is 0 Å². The quantitative estimate of drug-likeness (QED) is 0.339. The van der Waals surface area contributed by atoms with E-state index in [2.05, 4.69) is 52.4 Å². The molecule has 0 saturated carbocycles. The topological polar surface area (TPSA) is 87.6 Å². The first-order chi connectivity index (χ1) is 17.9. The number of likely N-dealkylation sites (tertiary alicyclic amines) is 1. The molecule has 0 aliphatic carbocycles. The molecule has 2 aromatic carbocycles. The Hall–Kier alpha value is -4.22. The van der Waals surface area contributed by atoms with Gasteiger partial charge in [0, 0.05) is 29.7 Å². The summed E-state index contributed by atoms with van der Waals surface area (Å²) in [7, 11) is 5.28. The average molecular weight is 500 g/mol. The average Bonchev–Trinajstić information content (AvgIpc) is 3.30. The van der Waals surface area contributed by atoms with Crippen molar-refractivity contribution >= 4 is 34.1 Å². The number of fused-ring (bicyclic) bond motifs is 1. The summed E-state index contributed by atoms with van der Waals surface area (Å²) in [6, 6.07) is 13.5. The fraction of sp³-hybridized carbons (Fsp3) is 0.310. The van der Waals surface area contributed by atoms with E-state index in [9.17, 15) is 9.59 Å². The summed E-state index contributed by atoms with van der Waals surface area (Å²) in [6.45, 7) is 6.12. The van der Waals surface area contributed by atoms with E-state index in [-0.39, 0.29) is 11.8 Å². The monoisotopic (exact) mass is 499 g/mol. The molecule has 1 saturated heterocycles. The number of hydrogen-bond donors (Lipinski definition) is 3. The first-order valence-corrected chi connectivity index (χ1v) is 12.3. The Labute approximate surface area is 217 Å². The van der Waals surface area contributed by atoms with Gasteiger partial charge in [0.1, 0.15) is 11.4 Å². The molecule has 0 spiro atoms. The van der Waals surface area contributed by atoms with Crippen LogP contribution in [-0.2, 0) is 0 Å². The lowest BCUT2D eigenvalue weighted by atomic mass is 10.0. The summed E-state index contributed by atoms with van der Waals surface area (Å²) in [5.41, 5.74) is 3.63. The van der Waals surface area contributed by atoms with Crippen molar-refractivity contribution in [3.05, 3.63) is 66.4 Å². The molecule has 2 heterocycles. The molecule has 3 aromatic rings. The normalized spacial score (nSPS) is 13.9. The largest absolute Gasteiger partial charge is 0.495 e. The lowest BCUT2D eigenvalue weighted by Gasteiger charge is -2.30. The van der Waals surface area contributed by atoms with Gasteiger partial charge in [0.2, 0.25) is 0 Å². The number of anilines is 2. The van der Waals surface area contributed by atoms with E-state index >= 15 is 0 Å². The first-order valence-electron chi connectivity index (χ1n) is 12.3. The number of rotatable bonds is 7. The molecular weight excluding hydrogens is 466 g/mol. The smallest absolute Gasteiger partial charge is 0.255 e. The van der Waals surface area contributed by atoms with Gasteiger partial charge in [0.05, 0.1) is 24.9 Å². The van der Waals surface area contributed by atoms with Gasteiger partial charge in [-0.05, 0) is 81.4 Å². The standard InChI is InChI=1S/C29H33N5O3/c1-5-28(35)34-22(8-7-15-31-25-12-11-20(29(36)30-2)18-27(25)37-4)19-23-24(9-6-10-26(23)34)32-21-13-16-33(3)17-14-21/h5-6,9-12,18-19,21,31-32H,1,13-17H2,2-4H3,(H,30,36). The van der Waals surface area contributed by atoms with Gasteiger partial charge in [-0.15, -0.1) is 0 Å². The maximum absolute atomic E-state index is 12.8. The highest BCUT2D eigenvalue weighted by molar-refractivity contribution is 6.03. The van der Waals surface area contributed by atoms with E-state index in [1.54, 1.807) is 36.9 Å². The SMILES string of the molecule is C=CC(=O)n1c(C#CCNc2ccc(C(=O)NC)cc2OC)cc2c(NC3CCN(C)CC3)cccc21. The predicted octanol–water partition coefficient (Wildman–Crippen LogP) is 3.81. The van der Waals surface area contributed by atoms with Crippen LogP contribution in [0.4, 0.5) is 11.4 Å². The second-order valence-electron chi connectivity index (χ2n) is 9.02. The van der Waals surface area contributed by atoms with Gasteiger partial charge in [-0.2, -0.15) is 0 Å². The maximum Gasteiger partial charge on any atom is 0.255 e. The van der Waals surface area contributed by atoms with Crippen molar-refractivity contribution in [3.63, 3.8) is 0 Å². The van der Waals surface area contributed by atoms with Crippen LogP contribution in [0.25, 0.3) is 10.9 Å². The number of ether oxygens (including phenoxy) is 1. The van der Waals surface area contributed by atoms with Gasteiger partial charge in [0.25, 0.3) is 11.8 Å². The van der Waals surface area contributed by atoms with Gasteiger partial charge in [0.15, 0.2) is 0 Å². The number of piperidine rings is 1. The molecule has 1 aromatic heterocycles. The molecule has 0 bridgehead atoms. The lowest BCUT2D eigenvalue weighted by molar-refractivity contribution is 0.0958. The summed E-state index contributed by atoms with van der Waals surface area (Å²) >= 11 is 0. The minimum absolute atomic E-state index is 0.186. The van der Waals surface area contributed by atoms with Gasteiger partial charge in [-0.1, -0.05) is 18.6 Å². The summed E-state index contributed by atoms with van der Waals surface area (Å²) in [5.74, 6) is 6.38. The Bertz CT molecular complexity index is 1370. The van der Waals surface area contributed by atoms with Crippen molar-refractivity contribution in [1.82, 2.24) is 14.8 Å². The van der Waals surface area contributed by atoms with Crippen molar-refractivity contribution in [1.29, 1.82) is 0 Å². The van der Waals surface area contributed by atoms with E-state index in [1.807, 2.05) is 18.2 Å². The molecular formula is C29H33N5O3. The number of nitrogens with zero attached hydrogens (tertiary/aromatic N) is 2. The molecule has 1 amide bonds. The van der Waals surface area contributed by atoms with Crippen molar-refractivity contribution in [3.8, 4) is 17.6 Å². The highest BCUT2D eigenvalue weighted by Gasteiger charge is 2.19. The number of amides is 1.